The van der Waals surface area contributed by atoms with Gasteiger partial charge in [0, 0.05) is 11.6 Å². The maximum atomic E-state index is 12.4. The summed E-state index contributed by atoms with van der Waals surface area (Å²) in [6.45, 7) is 4.32. The fourth-order valence-corrected chi connectivity index (χ4v) is 3.68. The lowest BCUT2D eigenvalue weighted by atomic mass is 10.1. The van der Waals surface area contributed by atoms with Gasteiger partial charge in [-0.25, -0.2) is 4.98 Å². The average Bonchev–Trinajstić information content (AvgIpc) is 3.39. The highest BCUT2D eigenvalue weighted by atomic mass is 32.1. The average molecular weight is 492 g/mol. The Hall–Kier alpha value is -4.29. The fraction of sp³-hybridized carbons (Fsp3) is 0.192. The number of hydrogen-bond acceptors (Lipinski definition) is 8. The minimum Gasteiger partial charge on any atom is -0.493 e. The van der Waals surface area contributed by atoms with Crippen molar-refractivity contribution >= 4 is 28.5 Å². The van der Waals surface area contributed by atoms with Gasteiger partial charge in [0.05, 0.1) is 14.2 Å². The zero-order valence-electron chi connectivity index (χ0n) is 19.4. The van der Waals surface area contributed by atoms with Gasteiger partial charge >= 0.3 is 0 Å². The molecule has 1 heterocycles. The Morgan fingerprint density at radius 2 is 1.86 bits per heavy atom. The standard InChI is InChI=1S/C26H25N3O5S/c1-4-7-19-8-5-6-9-21(19)33-11-12-34-24-22(31-2)15-18(16-23(24)32-3)14-20(17-27)25(30)29-26-28-10-13-35-26/h4-6,8-10,13-16H,1,7,11-12H2,2-3H3,(H,28,29,30)/b20-14-. The van der Waals surface area contributed by atoms with Crippen molar-refractivity contribution in [3.8, 4) is 29.1 Å². The third-order valence-corrected chi connectivity index (χ3v) is 5.42. The molecule has 0 saturated carbocycles. The summed E-state index contributed by atoms with van der Waals surface area (Å²) in [6.07, 6.45) is 5.54. The Labute approximate surface area is 208 Å². The lowest BCUT2D eigenvalue weighted by Gasteiger charge is -2.16. The van der Waals surface area contributed by atoms with Crippen LogP contribution in [0, 0.1) is 11.3 Å². The highest BCUT2D eigenvalue weighted by molar-refractivity contribution is 7.13. The number of carbonyl (C=O) groups is 1. The van der Waals surface area contributed by atoms with Crippen molar-refractivity contribution in [1.29, 1.82) is 5.26 Å². The molecule has 0 atom stereocenters. The van der Waals surface area contributed by atoms with Gasteiger partial charge in [-0.3, -0.25) is 10.1 Å². The highest BCUT2D eigenvalue weighted by Crippen LogP contribution is 2.39. The predicted octanol–water partition coefficient (Wildman–Crippen LogP) is 4.89. The van der Waals surface area contributed by atoms with E-state index in [0.717, 1.165) is 11.3 Å². The minimum atomic E-state index is -0.561. The first-order valence-corrected chi connectivity index (χ1v) is 11.5. The van der Waals surface area contributed by atoms with Crippen molar-refractivity contribution in [2.75, 3.05) is 32.8 Å². The van der Waals surface area contributed by atoms with Gasteiger partial charge < -0.3 is 18.9 Å². The van der Waals surface area contributed by atoms with Crippen LogP contribution in [-0.2, 0) is 11.2 Å². The maximum Gasteiger partial charge on any atom is 0.268 e. The molecular formula is C26H25N3O5S. The summed E-state index contributed by atoms with van der Waals surface area (Å²) < 4.78 is 22.7. The summed E-state index contributed by atoms with van der Waals surface area (Å²) >= 11 is 1.26. The van der Waals surface area contributed by atoms with Crippen LogP contribution >= 0.6 is 11.3 Å². The molecule has 1 N–H and O–H groups in total. The van der Waals surface area contributed by atoms with Crippen molar-refractivity contribution in [3.05, 3.63) is 77.3 Å². The van der Waals surface area contributed by atoms with Gasteiger partial charge in [-0.1, -0.05) is 24.3 Å². The van der Waals surface area contributed by atoms with Crippen molar-refractivity contribution in [3.63, 3.8) is 0 Å². The second-order valence-electron chi connectivity index (χ2n) is 7.01. The molecule has 8 nitrogen and oxygen atoms in total. The van der Waals surface area contributed by atoms with Gasteiger partial charge in [-0.2, -0.15) is 5.26 Å². The molecule has 0 bridgehead atoms. The van der Waals surface area contributed by atoms with Crippen molar-refractivity contribution in [2.24, 2.45) is 0 Å². The summed E-state index contributed by atoms with van der Waals surface area (Å²) in [5.74, 6) is 1.38. The molecule has 0 fully saturated rings. The molecule has 1 aromatic heterocycles. The second kappa shape index (κ2) is 12.8. The Bertz CT molecular complexity index is 1210. The molecule has 0 spiro atoms. The van der Waals surface area contributed by atoms with E-state index in [0.29, 0.717) is 41.0 Å². The number of benzene rings is 2. The number of methoxy groups -OCH3 is 2. The van der Waals surface area contributed by atoms with E-state index in [1.54, 1.807) is 23.7 Å². The first-order valence-electron chi connectivity index (χ1n) is 10.6. The van der Waals surface area contributed by atoms with Crippen LogP contribution in [0.15, 0.2) is 66.2 Å². The first-order chi connectivity index (χ1) is 17.1. The topological polar surface area (TPSA) is 103 Å². The molecule has 0 radical (unpaired) electrons. The molecule has 0 unspecified atom stereocenters. The van der Waals surface area contributed by atoms with Gasteiger partial charge in [0.25, 0.3) is 5.91 Å². The van der Waals surface area contributed by atoms with Gasteiger partial charge in [0.15, 0.2) is 16.6 Å². The number of amides is 1. The number of nitriles is 1. The summed E-state index contributed by atoms with van der Waals surface area (Å²) in [5, 5.41) is 14.2. The van der Waals surface area contributed by atoms with E-state index < -0.39 is 5.91 Å². The molecule has 3 aromatic rings. The van der Waals surface area contributed by atoms with Crippen LogP contribution < -0.4 is 24.3 Å². The zero-order chi connectivity index (χ0) is 25.0. The molecule has 3 rings (SSSR count). The van der Waals surface area contributed by atoms with E-state index in [-0.39, 0.29) is 12.2 Å². The Balaban J connectivity index is 1.73. The Morgan fingerprint density at radius 1 is 1.14 bits per heavy atom. The maximum absolute atomic E-state index is 12.4. The highest BCUT2D eigenvalue weighted by Gasteiger charge is 2.16. The predicted molar refractivity (Wildman–Crippen MR) is 135 cm³/mol. The van der Waals surface area contributed by atoms with E-state index in [1.165, 1.54) is 31.6 Å². The molecule has 1 amide bonds. The molecule has 0 saturated heterocycles. The molecule has 180 valence electrons. The summed E-state index contributed by atoms with van der Waals surface area (Å²) in [6, 6.07) is 13.0. The van der Waals surface area contributed by atoms with E-state index in [4.69, 9.17) is 18.9 Å². The molecule has 0 aliphatic rings. The lowest BCUT2D eigenvalue weighted by Crippen LogP contribution is -2.13. The largest absolute Gasteiger partial charge is 0.493 e. The first kappa shape index (κ1) is 25.3. The van der Waals surface area contributed by atoms with E-state index >= 15 is 0 Å². The molecular weight excluding hydrogens is 466 g/mol. The van der Waals surface area contributed by atoms with Crippen LogP contribution in [0.2, 0.25) is 0 Å². The quantitative estimate of drug-likeness (QED) is 0.166. The van der Waals surface area contributed by atoms with Gasteiger partial charge in [0.2, 0.25) is 5.75 Å². The number of anilines is 1. The number of nitrogens with zero attached hydrogens (tertiary/aromatic N) is 2. The smallest absolute Gasteiger partial charge is 0.268 e. The molecule has 0 aliphatic carbocycles. The normalized spacial score (nSPS) is 10.7. The Morgan fingerprint density at radius 3 is 2.49 bits per heavy atom. The van der Waals surface area contributed by atoms with Crippen LogP contribution in [0.5, 0.6) is 23.0 Å². The third-order valence-electron chi connectivity index (χ3n) is 4.74. The van der Waals surface area contributed by atoms with Crippen LogP contribution in [0.4, 0.5) is 5.13 Å². The van der Waals surface area contributed by atoms with Gasteiger partial charge in [0.1, 0.15) is 30.6 Å². The SMILES string of the molecule is C=CCc1ccccc1OCCOc1c(OC)cc(/C=C(/C#N)C(=O)Nc2nccs2)cc1OC. The van der Waals surface area contributed by atoms with Crippen molar-refractivity contribution < 1.29 is 23.7 Å². The number of aromatic nitrogens is 1. The summed E-state index contributed by atoms with van der Waals surface area (Å²) in [5.41, 5.74) is 1.48. The molecule has 0 aliphatic heterocycles. The van der Waals surface area contributed by atoms with E-state index in [9.17, 15) is 10.1 Å². The number of ether oxygens (including phenoxy) is 4. The van der Waals surface area contributed by atoms with E-state index in [1.807, 2.05) is 36.4 Å². The summed E-state index contributed by atoms with van der Waals surface area (Å²) in [7, 11) is 3.00. The number of allylic oxidation sites excluding steroid dienone is 1. The fourth-order valence-electron chi connectivity index (χ4n) is 3.15. The monoisotopic (exact) mass is 491 g/mol. The lowest BCUT2D eigenvalue weighted by molar-refractivity contribution is -0.112. The third kappa shape index (κ3) is 6.85. The number of nitrogens with one attached hydrogen (secondary N) is 1. The number of para-hydroxylation sites is 1. The van der Waals surface area contributed by atoms with E-state index in [2.05, 4.69) is 16.9 Å². The van der Waals surface area contributed by atoms with Gasteiger partial charge in [-0.15, -0.1) is 17.9 Å². The number of hydrogen-bond donors (Lipinski definition) is 1. The van der Waals surface area contributed by atoms with Crippen LogP contribution in [0.25, 0.3) is 6.08 Å². The second-order valence-corrected chi connectivity index (χ2v) is 7.91. The van der Waals surface area contributed by atoms with Crippen LogP contribution in [0.3, 0.4) is 0 Å². The number of thiazole rings is 1. The van der Waals surface area contributed by atoms with Crippen LogP contribution in [-0.4, -0.2) is 38.3 Å². The van der Waals surface area contributed by atoms with Crippen molar-refractivity contribution in [1.82, 2.24) is 4.98 Å². The zero-order valence-corrected chi connectivity index (χ0v) is 20.3. The van der Waals surface area contributed by atoms with Crippen LogP contribution in [0.1, 0.15) is 11.1 Å². The summed E-state index contributed by atoms with van der Waals surface area (Å²) in [4.78, 5) is 16.4. The molecule has 2 aromatic carbocycles. The minimum absolute atomic E-state index is 0.0930. The number of rotatable bonds is 12. The molecule has 35 heavy (non-hydrogen) atoms. The molecule has 9 heteroatoms. The Kier molecular flexibility index (Phi) is 9.28. The van der Waals surface area contributed by atoms with Gasteiger partial charge in [-0.05, 0) is 41.8 Å². The van der Waals surface area contributed by atoms with Crippen molar-refractivity contribution in [2.45, 2.75) is 6.42 Å². The number of carbonyl (C=O) groups excluding carboxylic acids is 1.